The molecule has 24 heavy (non-hydrogen) atoms. The molecule has 0 fully saturated rings. The Morgan fingerprint density at radius 1 is 1.12 bits per heavy atom. The molecule has 6 heteroatoms. The zero-order valence-corrected chi connectivity index (χ0v) is 16.1. The molecule has 0 amide bonds. The van der Waals surface area contributed by atoms with Gasteiger partial charge in [0, 0.05) is 21.9 Å². The van der Waals surface area contributed by atoms with E-state index in [1.807, 2.05) is 38.1 Å². The maximum Gasteiger partial charge on any atom is 0.276 e. The highest BCUT2D eigenvalue weighted by molar-refractivity contribution is 7.89. The first kappa shape index (κ1) is 18.7. The number of hydrazone groups is 1. The number of nitrogens with zero attached hydrogens (tertiary/aromatic N) is 1. The summed E-state index contributed by atoms with van der Waals surface area (Å²) in [6.45, 7) is 8.31. The lowest BCUT2D eigenvalue weighted by Gasteiger charge is -2.07. The summed E-state index contributed by atoms with van der Waals surface area (Å²) in [5, 5.41) is 3.92. The van der Waals surface area contributed by atoms with E-state index in [9.17, 15) is 8.42 Å². The maximum atomic E-state index is 12.3. The van der Waals surface area contributed by atoms with Gasteiger partial charge in [0.25, 0.3) is 10.0 Å². The van der Waals surface area contributed by atoms with Crippen molar-refractivity contribution in [3.8, 4) is 0 Å². The van der Waals surface area contributed by atoms with Crippen LogP contribution < -0.4 is 4.83 Å². The van der Waals surface area contributed by atoms with Gasteiger partial charge in [-0.05, 0) is 49.1 Å². The highest BCUT2D eigenvalue weighted by Crippen LogP contribution is 2.22. The second-order valence-electron chi connectivity index (χ2n) is 6.35. The van der Waals surface area contributed by atoms with Crippen LogP contribution in [0.1, 0.15) is 42.0 Å². The molecule has 0 bridgehead atoms. The fourth-order valence-electron chi connectivity index (χ4n) is 2.31. The lowest BCUT2D eigenvalue weighted by molar-refractivity contribution is 0.584. The van der Waals surface area contributed by atoms with Crippen LogP contribution in [0, 0.1) is 12.8 Å². The van der Waals surface area contributed by atoms with Crippen molar-refractivity contribution in [2.75, 3.05) is 0 Å². The van der Waals surface area contributed by atoms with Gasteiger partial charge in [0.15, 0.2) is 0 Å². The molecule has 0 spiro atoms. The second kappa shape index (κ2) is 7.94. The molecule has 1 unspecified atom stereocenters. The predicted molar refractivity (Wildman–Crippen MR) is 101 cm³/mol. The smallest absolute Gasteiger partial charge is 0.200 e. The molecular weight excluding hydrogens is 340 g/mol. The predicted octanol–water partition coefficient (Wildman–Crippen LogP) is 4.32. The fraction of sp³-hybridized carbons (Fsp3) is 0.389. The van der Waals surface area contributed by atoms with Gasteiger partial charge in [-0.15, -0.1) is 11.3 Å². The Kier molecular flexibility index (Phi) is 6.18. The van der Waals surface area contributed by atoms with E-state index in [1.165, 1.54) is 4.88 Å². The molecule has 0 aliphatic heterocycles. The van der Waals surface area contributed by atoms with Crippen LogP contribution in [0.25, 0.3) is 0 Å². The largest absolute Gasteiger partial charge is 0.276 e. The molecule has 1 aromatic carbocycles. The van der Waals surface area contributed by atoms with E-state index in [1.54, 1.807) is 29.7 Å². The molecule has 0 radical (unpaired) electrons. The van der Waals surface area contributed by atoms with Crippen LogP contribution in [-0.4, -0.2) is 14.6 Å². The first-order valence-corrected chi connectivity index (χ1v) is 10.3. The average molecular weight is 365 g/mol. The molecule has 0 saturated heterocycles. The van der Waals surface area contributed by atoms with Crippen molar-refractivity contribution in [2.24, 2.45) is 11.0 Å². The molecule has 0 aliphatic rings. The van der Waals surface area contributed by atoms with Crippen LogP contribution in [-0.2, 0) is 16.4 Å². The van der Waals surface area contributed by atoms with E-state index in [0.29, 0.717) is 5.92 Å². The van der Waals surface area contributed by atoms with Gasteiger partial charge in [0.1, 0.15) is 0 Å². The molecule has 1 N–H and O–H groups in total. The Balaban J connectivity index is 2.01. The highest BCUT2D eigenvalue weighted by Gasteiger charge is 2.13. The van der Waals surface area contributed by atoms with Crippen LogP contribution in [0.5, 0.6) is 0 Å². The van der Waals surface area contributed by atoms with E-state index < -0.39 is 10.0 Å². The molecule has 2 aromatic rings. The minimum absolute atomic E-state index is 0.0693. The van der Waals surface area contributed by atoms with E-state index in [4.69, 9.17) is 0 Å². The first-order valence-electron chi connectivity index (χ1n) is 7.98. The zero-order chi connectivity index (χ0) is 17.7. The van der Waals surface area contributed by atoms with Crippen LogP contribution in [0.3, 0.4) is 0 Å². The number of nitrogens with one attached hydrogen (secondary N) is 1. The molecule has 1 aromatic heterocycles. The van der Waals surface area contributed by atoms with Gasteiger partial charge in [0.2, 0.25) is 0 Å². The summed E-state index contributed by atoms with van der Waals surface area (Å²) < 4.78 is 24.5. The summed E-state index contributed by atoms with van der Waals surface area (Å²) in [5.41, 5.74) is 1.13. The van der Waals surface area contributed by atoms with Crippen molar-refractivity contribution in [1.82, 2.24) is 4.83 Å². The van der Waals surface area contributed by atoms with Gasteiger partial charge in [-0.25, -0.2) is 4.83 Å². The summed E-state index contributed by atoms with van der Waals surface area (Å²) in [7, 11) is -3.62. The number of hydrogen-bond acceptors (Lipinski definition) is 4. The number of aryl methyl sites for hydroxylation is 1. The third-order valence-corrected chi connectivity index (χ3v) is 6.00. The Labute approximate surface area is 148 Å². The SMILES string of the molecule is Cc1ccc(C(C)/C=N/NS(=O)(=O)c2ccc(CC(C)C)cc2)s1. The number of rotatable bonds is 7. The lowest BCUT2D eigenvalue weighted by atomic mass is 10.0. The monoisotopic (exact) mass is 364 g/mol. The topological polar surface area (TPSA) is 58.5 Å². The molecule has 0 saturated carbocycles. The summed E-state index contributed by atoms with van der Waals surface area (Å²) in [5.74, 6) is 0.609. The zero-order valence-electron chi connectivity index (χ0n) is 14.5. The quantitative estimate of drug-likeness (QED) is 0.587. The van der Waals surface area contributed by atoms with Crippen molar-refractivity contribution in [2.45, 2.75) is 44.9 Å². The van der Waals surface area contributed by atoms with Crippen molar-refractivity contribution in [3.05, 3.63) is 51.7 Å². The molecule has 2 rings (SSSR count). The Morgan fingerprint density at radius 2 is 1.79 bits per heavy atom. The molecule has 1 atom stereocenters. The van der Waals surface area contributed by atoms with Gasteiger partial charge in [-0.2, -0.15) is 13.5 Å². The van der Waals surface area contributed by atoms with Gasteiger partial charge in [-0.1, -0.05) is 32.9 Å². The highest BCUT2D eigenvalue weighted by atomic mass is 32.2. The minimum Gasteiger partial charge on any atom is -0.200 e. The Morgan fingerprint density at radius 3 is 2.33 bits per heavy atom. The summed E-state index contributed by atoms with van der Waals surface area (Å²) in [4.78, 5) is 4.91. The molecule has 130 valence electrons. The second-order valence-corrected chi connectivity index (χ2v) is 9.33. The van der Waals surface area contributed by atoms with E-state index in [0.717, 1.165) is 16.9 Å². The number of sulfonamides is 1. The van der Waals surface area contributed by atoms with Crippen LogP contribution in [0.15, 0.2) is 46.4 Å². The van der Waals surface area contributed by atoms with Crippen molar-refractivity contribution < 1.29 is 8.42 Å². The summed E-state index contributed by atoms with van der Waals surface area (Å²) >= 11 is 1.69. The minimum atomic E-state index is -3.62. The van der Waals surface area contributed by atoms with E-state index in [-0.39, 0.29) is 10.8 Å². The molecular formula is C18H24N2O2S2. The first-order chi connectivity index (χ1) is 11.3. The van der Waals surface area contributed by atoms with Gasteiger partial charge < -0.3 is 0 Å². The molecule has 0 aliphatic carbocycles. The van der Waals surface area contributed by atoms with Crippen LogP contribution in [0.2, 0.25) is 0 Å². The van der Waals surface area contributed by atoms with Crippen molar-refractivity contribution in [1.29, 1.82) is 0 Å². The number of thiophene rings is 1. The molecule has 4 nitrogen and oxygen atoms in total. The van der Waals surface area contributed by atoms with Gasteiger partial charge >= 0.3 is 0 Å². The van der Waals surface area contributed by atoms with E-state index >= 15 is 0 Å². The number of benzene rings is 1. The summed E-state index contributed by atoms with van der Waals surface area (Å²) in [6, 6.07) is 11.1. The normalized spacial score (nSPS) is 13.5. The summed E-state index contributed by atoms with van der Waals surface area (Å²) in [6.07, 6.45) is 2.56. The van der Waals surface area contributed by atoms with Gasteiger partial charge in [0.05, 0.1) is 4.90 Å². The maximum absolute atomic E-state index is 12.3. The van der Waals surface area contributed by atoms with Gasteiger partial charge in [-0.3, -0.25) is 0 Å². The van der Waals surface area contributed by atoms with Crippen LogP contribution >= 0.6 is 11.3 Å². The Hall–Kier alpha value is -1.66. The fourth-order valence-corrected chi connectivity index (χ4v) is 4.00. The Bertz CT molecular complexity index is 791. The lowest BCUT2D eigenvalue weighted by Crippen LogP contribution is -2.18. The third kappa shape index (κ3) is 5.18. The van der Waals surface area contributed by atoms with E-state index in [2.05, 4.69) is 23.8 Å². The number of hydrogen-bond donors (Lipinski definition) is 1. The van der Waals surface area contributed by atoms with Crippen molar-refractivity contribution in [3.63, 3.8) is 0 Å². The molecule has 1 heterocycles. The average Bonchev–Trinajstić information content (AvgIpc) is 2.93. The third-order valence-electron chi connectivity index (χ3n) is 3.56. The standard InChI is InChI=1S/C18H24N2O2S2/c1-13(2)11-16-6-8-17(9-7-16)24(21,22)20-19-12-14(3)18-10-5-15(4)23-18/h5-10,12-14,20H,11H2,1-4H3/b19-12+. The van der Waals surface area contributed by atoms with Crippen molar-refractivity contribution >= 4 is 27.6 Å². The van der Waals surface area contributed by atoms with Crippen LogP contribution in [0.4, 0.5) is 0 Å².